The highest BCUT2D eigenvalue weighted by Gasteiger charge is 2.20. The Bertz CT molecular complexity index is 591. The highest BCUT2D eigenvalue weighted by Crippen LogP contribution is 2.28. The molecular formula is C15H19N3O2. The second-order valence-corrected chi connectivity index (χ2v) is 5.19. The average Bonchev–Trinajstić information content (AvgIpc) is 3.16. The smallest absolute Gasteiger partial charge is 0.228 e. The molecule has 0 aliphatic heterocycles. The summed E-state index contributed by atoms with van der Waals surface area (Å²) in [7, 11) is 1.65. The van der Waals surface area contributed by atoms with E-state index in [2.05, 4.69) is 15.5 Å². The second-order valence-electron chi connectivity index (χ2n) is 5.19. The van der Waals surface area contributed by atoms with Crippen molar-refractivity contribution in [1.82, 2.24) is 15.5 Å². The van der Waals surface area contributed by atoms with Crippen molar-refractivity contribution < 1.29 is 9.26 Å². The van der Waals surface area contributed by atoms with Crippen LogP contribution in [-0.4, -0.2) is 29.8 Å². The van der Waals surface area contributed by atoms with Crippen molar-refractivity contribution in [3.8, 4) is 17.1 Å². The summed E-state index contributed by atoms with van der Waals surface area (Å²) < 4.78 is 10.7. The molecule has 0 bridgehead atoms. The maximum atomic E-state index is 5.38. The van der Waals surface area contributed by atoms with Gasteiger partial charge < -0.3 is 14.6 Å². The number of aromatic nitrogens is 2. The van der Waals surface area contributed by atoms with Crippen LogP contribution in [0.15, 0.2) is 22.7 Å². The summed E-state index contributed by atoms with van der Waals surface area (Å²) in [5, 5.41) is 7.48. The molecule has 0 unspecified atom stereocenters. The van der Waals surface area contributed by atoms with Crippen molar-refractivity contribution >= 4 is 0 Å². The molecule has 3 rings (SSSR count). The number of methoxy groups -OCH3 is 1. The number of aryl methyl sites for hydroxylation is 1. The van der Waals surface area contributed by atoms with Crippen molar-refractivity contribution in [2.45, 2.75) is 32.2 Å². The van der Waals surface area contributed by atoms with E-state index in [4.69, 9.17) is 9.26 Å². The van der Waals surface area contributed by atoms with E-state index in [0.29, 0.717) is 17.8 Å². The van der Waals surface area contributed by atoms with Crippen molar-refractivity contribution in [2.75, 3.05) is 13.7 Å². The van der Waals surface area contributed by atoms with Crippen LogP contribution in [0.3, 0.4) is 0 Å². The zero-order valence-corrected chi connectivity index (χ0v) is 11.8. The number of rotatable bonds is 6. The molecule has 1 N–H and O–H groups in total. The van der Waals surface area contributed by atoms with Crippen molar-refractivity contribution in [2.24, 2.45) is 0 Å². The van der Waals surface area contributed by atoms with Crippen LogP contribution >= 0.6 is 0 Å². The molecule has 0 spiro atoms. The van der Waals surface area contributed by atoms with Gasteiger partial charge in [0.25, 0.3) is 0 Å². The third kappa shape index (κ3) is 2.99. The molecule has 20 heavy (non-hydrogen) atoms. The lowest BCUT2D eigenvalue weighted by molar-refractivity contribution is 0.375. The van der Waals surface area contributed by atoms with Gasteiger partial charge in [0.1, 0.15) is 5.75 Å². The Morgan fingerprint density at radius 3 is 3.00 bits per heavy atom. The van der Waals surface area contributed by atoms with E-state index < -0.39 is 0 Å². The Morgan fingerprint density at radius 2 is 2.25 bits per heavy atom. The van der Waals surface area contributed by atoms with Crippen LogP contribution in [0.25, 0.3) is 11.4 Å². The number of hydrogen-bond donors (Lipinski definition) is 1. The first-order chi connectivity index (χ1) is 9.76. The van der Waals surface area contributed by atoms with Gasteiger partial charge in [-0.05, 0) is 37.5 Å². The fourth-order valence-electron chi connectivity index (χ4n) is 2.12. The first-order valence-electron chi connectivity index (χ1n) is 6.97. The normalized spacial score (nSPS) is 14.5. The van der Waals surface area contributed by atoms with Crippen LogP contribution in [0.1, 0.15) is 24.3 Å². The van der Waals surface area contributed by atoms with E-state index in [1.165, 1.54) is 12.8 Å². The second kappa shape index (κ2) is 5.63. The Morgan fingerprint density at radius 1 is 1.40 bits per heavy atom. The van der Waals surface area contributed by atoms with Gasteiger partial charge in [-0.15, -0.1) is 0 Å². The number of benzene rings is 1. The molecule has 1 aromatic heterocycles. The number of ether oxygens (including phenoxy) is 1. The van der Waals surface area contributed by atoms with E-state index >= 15 is 0 Å². The summed E-state index contributed by atoms with van der Waals surface area (Å²) >= 11 is 0. The van der Waals surface area contributed by atoms with Gasteiger partial charge in [-0.3, -0.25) is 0 Å². The summed E-state index contributed by atoms with van der Waals surface area (Å²) in [6.45, 7) is 2.91. The van der Waals surface area contributed by atoms with Crippen LogP contribution in [0.5, 0.6) is 5.75 Å². The van der Waals surface area contributed by atoms with Gasteiger partial charge in [0.05, 0.1) is 12.7 Å². The molecule has 1 aliphatic rings. The summed E-state index contributed by atoms with van der Waals surface area (Å²) in [5.74, 6) is 2.02. The average molecular weight is 273 g/mol. The molecule has 1 aromatic carbocycles. The predicted octanol–water partition coefficient (Wildman–Crippen LogP) is 2.35. The molecule has 1 heterocycles. The van der Waals surface area contributed by atoms with Crippen LogP contribution in [0.2, 0.25) is 0 Å². The molecule has 0 amide bonds. The molecule has 1 fully saturated rings. The van der Waals surface area contributed by atoms with Crippen molar-refractivity contribution in [3.63, 3.8) is 0 Å². The van der Waals surface area contributed by atoms with Crippen LogP contribution in [0.4, 0.5) is 0 Å². The molecule has 1 saturated carbocycles. The monoisotopic (exact) mass is 273 g/mol. The molecule has 0 saturated heterocycles. The van der Waals surface area contributed by atoms with Gasteiger partial charge in [0.15, 0.2) is 0 Å². The fraction of sp³-hybridized carbons (Fsp3) is 0.467. The maximum Gasteiger partial charge on any atom is 0.228 e. The summed E-state index contributed by atoms with van der Waals surface area (Å²) in [6.07, 6.45) is 3.34. The standard InChI is InChI=1S/C15H19N3O2/c1-10-3-6-12(13(9-10)19-2)15-17-14(20-18-15)7-8-16-11-4-5-11/h3,6,9,11,16H,4-5,7-8H2,1-2H3. The number of nitrogens with zero attached hydrogens (tertiary/aromatic N) is 2. The summed E-state index contributed by atoms with van der Waals surface area (Å²) in [6, 6.07) is 6.66. The van der Waals surface area contributed by atoms with Crippen LogP contribution in [-0.2, 0) is 6.42 Å². The lowest BCUT2D eigenvalue weighted by Gasteiger charge is -2.05. The van der Waals surface area contributed by atoms with E-state index in [1.54, 1.807) is 7.11 Å². The Labute approximate surface area is 118 Å². The zero-order valence-electron chi connectivity index (χ0n) is 11.8. The first kappa shape index (κ1) is 13.1. The van der Waals surface area contributed by atoms with Gasteiger partial charge in [-0.25, -0.2) is 0 Å². The molecule has 5 nitrogen and oxygen atoms in total. The minimum Gasteiger partial charge on any atom is -0.496 e. The topological polar surface area (TPSA) is 60.2 Å². The van der Waals surface area contributed by atoms with Gasteiger partial charge in [0, 0.05) is 19.0 Å². The lowest BCUT2D eigenvalue weighted by Crippen LogP contribution is -2.19. The lowest BCUT2D eigenvalue weighted by atomic mass is 10.1. The zero-order chi connectivity index (χ0) is 13.9. The highest BCUT2D eigenvalue weighted by molar-refractivity contribution is 5.64. The molecule has 2 aromatic rings. The molecule has 106 valence electrons. The minimum atomic E-state index is 0.586. The highest BCUT2D eigenvalue weighted by atomic mass is 16.5. The van der Waals surface area contributed by atoms with Crippen LogP contribution < -0.4 is 10.1 Å². The third-order valence-electron chi connectivity index (χ3n) is 3.42. The molecule has 0 atom stereocenters. The van der Waals surface area contributed by atoms with Crippen LogP contribution in [0, 0.1) is 6.92 Å². The Balaban J connectivity index is 1.71. The van der Waals surface area contributed by atoms with Gasteiger partial charge in [-0.2, -0.15) is 4.98 Å². The Kier molecular flexibility index (Phi) is 3.69. The number of hydrogen-bond acceptors (Lipinski definition) is 5. The largest absolute Gasteiger partial charge is 0.496 e. The summed E-state index contributed by atoms with van der Waals surface area (Å²) in [5.41, 5.74) is 2.01. The van der Waals surface area contributed by atoms with Crippen molar-refractivity contribution in [1.29, 1.82) is 0 Å². The molecule has 1 aliphatic carbocycles. The van der Waals surface area contributed by atoms with Gasteiger partial charge >= 0.3 is 0 Å². The van der Waals surface area contributed by atoms with Gasteiger partial charge in [0.2, 0.25) is 11.7 Å². The molecule has 5 heteroatoms. The SMILES string of the molecule is COc1cc(C)ccc1-c1noc(CCNC2CC2)n1. The molecular weight excluding hydrogens is 254 g/mol. The first-order valence-corrected chi connectivity index (χ1v) is 6.97. The fourth-order valence-corrected chi connectivity index (χ4v) is 2.12. The predicted molar refractivity (Wildman–Crippen MR) is 75.8 cm³/mol. The van der Waals surface area contributed by atoms with Gasteiger partial charge in [-0.1, -0.05) is 11.2 Å². The maximum absolute atomic E-state index is 5.38. The van der Waals surface area contributed by atoms with E-state index in [0.717, 1.165) is 29.8 Å². The van der Waals surface area contributed by atoms with E-state index in [9.17, 15) is 0 Å². The summed E-state index contributed by atoms with van der Waals surface area (Å²) in [4.78, 5) is 4.44. The minimum absolute atomic E-state index is 0.586. The molecule has 0 radical (unpaired) electrons. The van der Waals surface area contributed by atoms with E-state index in [1.807, 2.05) is 25.1 Å². The van der Waals surface area contributed by atoms with Crippen molar-refractivity contribution in [3.05, 3.63) is 29.7 Å². The third-order valence-corrected chi connectivity index (χ3v) is 3.42. The quantitative estimate of drug-likeness (QED) is 0.875. The van der Waals surface area contributed by atoms with E-state index in [-0.39, 0.29) is 0 Å². The number of nitrogens with one attached hydrogen (secondary N) is 1. The Hall–Kier alpha value is -1.88.